The van der Waals surface area contributed by atoms with Gasteiger partial charge in [-0.2, -0.15) is 0 Å². The maximum absolute atomic E-state index is 11.8. The number of para-hydroxylation sites is 1. The van der Waals surface area contributed by atoms with Crippen LogP contribution in [0.5, 0.6) is 5.75 Å². The molecule has 0 saturated carbocycles. The van der Waals surface area contributed by atoms with Gasteiger partial charge in [-0.1, -0.05) is 25.1 Å². The number of carboxylic acid groups (broad SMARTS) is 1. The number of carbonyl (C=O) groups excluding carboxylic acids is 2. The lowest BCUT2D eigenvalue weighted by Gasteiger charge is -2.30. The summed E-state index contributed by atoms with van der Waals surface area (Å²) < 4.78 is 10.2. The minimum Gasteiger partial charge on any atom is -0.549 e. The van der Waals surface area contributed by atoms with Crippen LogP contribution in [-0.4, -0.2) is 25.2 Å². The van der Waals surface area contributed by atoms with Gasteiger partial charge in [0.2, 0.25) is 0 Å². The van der Waals surface area contributed by atoms with E-state index >= 15 is 0 Å². The van der Waals surface area contributed by atoms with Crippen LogP contribution >= 0.6 is 0 Å². The Morgan fingerprint density at radius 3 is 2.32 bits per heavy atom. The van der Waals surface area contributed by atoms with Crippen molar-refractivity contribution in [3.63, 3.8) is 0 Å². The molecule has 1 aromatic carbocycles. The van der Waals surface area contributed by atoms with E-state index in [-0.39, 0.29) is 19.6 Å². The summed E-state index contributed by atoms with van der Waals surface area (Å²) in [7, 11) is 0. The maximum atomic E-state index is 11.8. The maximum Gasteiger partial charge on any atom is 0.321 e. The van der Waals surface area contributed by atoms with Gasteiger partial charge in [-0.15, -0.1) is 0 Å². The molecule has 0 aliphatic carbocycles. The van der Waals surface area contributed by atoms with Gasteiger partial charge in [0.1, 0.15) is 17.8 Å². The molecule has 0 saturated heterocycles. The van der Waals surface area contributed by atoms with Crippen molar-refractivity contribution >= 4 is 11.9 Å². The third kappa shape index (κ3) is 3.47. The number of carbonyl (C=O) groups is 2. The highest BCUT2D eigenvalue weighted by molar-refractivity contribution is 5.98. The van der Waals surface area contributed by atoms with Crippen LogP contribution in [0.2, 0.25) is 0 Å². The molecule has 1 atom stereocenters. The highest BCUT2D eigenvalue weighted by Crippen LogP contribution is 2.25. The van der Waals surface area contributed by atoms with Crippen LogP contribution < -0.4 is 9.84 Å². The van der Waals surface area contributed by atoms with E-state index in [0.29, 0.717) is 5.75 Å². The van der Waals surface area contributed by atoms with Gasteiger partial charge in [-0.3, -0.25) is 4.79 Å². The fourth-order valence-electron chi connectivity index (χ4n) is 1.58. The van der Waals surface area contributed by atoms with Gasteiger partial charge in [-0.05, 0) is 25.5 Å². The van der Waals surface area contributed by atoms with E-state index < -0.39 is 17.4 Å². The Morgan fingerprint density at radius 1 is 1.21 bits per heavy atom. The highest BCUT2D eigenvalue weighted by Gasteiger charge is 2.41. The van der Waals surface area contributed by atoms with Crippen LogP contribution in [0.25, 0.3) is 0 Å². The molecule has 1 unspecified atom stereocenters. The monoisotopic (exact) mass is 265 g/mol. The number of hydrogen-bond acceptors (Lipinski definition) is 5. The molecule has 1 rings (SSSR count). The number of esters is 1. The summed E-state index contributed by atoms with van der Waals surface area (Å²) in [5.74, 6) is -1.82. The SMILES string of the molecule is CCOC(=O)C(CC)(COc1ccccc1)C(=O)[O-]. The highest BCUT2D eigenvalue weighted by atomic mass is 16.5. The zero-order valence-corrected chi connectivity index (χ0v) is 11.0. The quantitative estimate of drug-likeness (QED) is 0.538. The molecule has 0 heterocycles. The minimum absolute atomic E-state index is 0.0427. The van der Waals surface area contributed by atoms with Gasteiger partial charge >= 0.3 is 5.97 Å². The average Bonchev–Trinajstić information content (AvgIpc) is 2.41. The third-order valence-electron chi connectivity index (χ3n) is 2.89. The fourth-order valence-corrected chi connectivity index (χ4v) is 1.58. The second-order valence-corrected chi connectivity index (χ2v) is 4.05. The molecular weight excluding hydrogens is 248 g/mol. The van der Waals surface area contributed by atoms with Crippen LogP contribution in [0.4, 0.5) is 0 Å². The first kappa shape index (κ1) is 15.0. The van der Waals surface area contributed by atoms with E-state index in [9.17, 15) is 14.7 Å². The summed E-state index contributed by atoms with van der Waals surface area (Å²) in [6.07, 6.45) is 0.0427. The Bertz CT molecular complexity index is 429. The van der Waals surface area contributed by atoms with Gasteiger partial charge in [0, 0.05) is 0 Å². The Hall–Kier alpha value is -2.04. The van der Waals surface area contributed by atoms with Crippen molar-refractivity contribution in [2.24, 2.45) is 5.41 Å². The lowest BCUT2D eigenvalue weighted by Crippen LogP contribution is -2.52. The molecule has 5 nitrogen and oxygen atoms in total. The predicted octanol–water partition coefficient (Wildman–Crippen LogP) is 0.775. The fraction of sp³-hybridized carbons (Fsp3) is 0.429. The van der Waals surface area contributed by atoms with Gasteiger partial charge in [0.15, 0.2) is 0 Å². The smallest absolute Gasteiger partial charge is 0.321 e. The number of ether oxygens (including phenoxy) is 2. The van der Waals surface area contributed by atoms with Crippen LogP contribution in [0.3, 0.4) is 0 Å². The van der Waals surface area contributed by atoms with Crippen molar-refractivity contribution in [1.29, 1.82) is 0 Å². The molecule has 104 valence electrons. The molecule has 0 aliphatic heterocycles. The number of aliphatic carboxylic acids is 1. The molecule has 0 fully saturated rings. The van der Waals surface area contributed by atoms with Crippen molar-refractivity contribution < 1.29 is 24.2 Å². The first-order valence-corrected chi connectivity index (χ1v) is 6.13. The van der Waals surface area contributed by atoms with Gasteiger partial charge in [0.05, 0.1) is 12.6 Å². The Kier molecular flexibility index (Phi) is 5.36. The number of hydrogen-bond donors (Lipinski definition) is 0. The standard InChI is InChI=1S/C14H18O5/c1-3-14(12(15)16,13(17)18-4-2)10-19-11-8-6-5-7-9-11/h5-9H,3-4,10H2,1-2H3,(H,15,16)/p-1. The first-order valence-electron chi connectivity index (χ1n) is 6.13. The number of benzene rings is 1. The molecule has 0 aliphatic rings. The first-order chi connectivity index (χ1) is 9.06. The molecule has 0 radical (unpaired) electrons. The third-order valence-corrected chi connectivity index (χ3v) is 2.89. The zero-order valence-electron chi connectivity index (χ0n) is 11.0. The van der Waals surface area contributed by atoms with Gasteiger partial charge < -0.3 is 19.4 Å². The second kappa shape index (κ2) is 6.78. The molecule has 0 aromatic heterocycles. The van der Waals surface area contributed by atoms with Crippen molar-refractivity contribution in [2.45, 2.75) is 20.3 Å². The van der Waals surface area contributed by atoms with E-state index in [2.05, 4.69) is 0 Å². The second-order valence-electron chi connectivity index (χ2n) is 4.05. The summed E-state index contributed by atoms with van der Waals surface area (Å²) in [5, 5.41) is 11.3. The van der Waals surface area contributed by atoms with Crippen molar-refractivity contribution in [3.05, 3.63) is 30.3 Å². The number of rotatable bonds is 7. The molecule has 5 heteroatoms. The summed E-state index contributed by atoms with van der Waals surface area (Å²) in [5.41, 5.74) is -1.77. The molecule has 1 aromatic rings. The van der Waals surface area contributed by atoms with Crippen molar-refractivity contribution in [1.82, 2.24) is 0 Å². The largest absolute Gasteiger partial charge is 0.549 e. The minimum atomic E-state index is -1.77. The van der Waals surface area contributed by atoms with Gasteiger partial charge in [-0.25, -0.2) is 0 Å². The zero-order chi connectivity index (χ0) is 14.3. The molecular formula is C14H17O5-. The molecule has 0 bridgehead atoms. The lowest BCUT2D eigenvalue weighted by atomic mass is 9.86. The average molecular weight is 265 g/mol. The predicted molar refractivity (Wildman–Crippen MR) is 66.3 cm³/mol. The topological polar surface area (TPSA) is 75.7 Å². The van der Waals surface area contributed by atoms with Crippen molar-refractivity contribution in [3.8, 4) is 5.75 Å². The molecule has 0 N–H and O–H groups in total. The van der Waals surface area contributed by atoms with Crippen LogP contribution in [0.1, 0.15) is 20.3 Å². The van der Waals surface area contributed by atoms with Gasteiger partial charge in [0.25, 0.3) is 0 Å². The molecule has 0 amide bonds. The Balaban J connectivity index is 2.86. The number of carboxylic acids is 1. The molecule has 0 spiro atoms. The summed E-state index contributed by atoms with van der Waals surface area (Å²) in [6, 6.07) is 8.68. The van der Waals surface area contributed by atoms with E-state index in [0.717, 1.165) is 0 Å². The van der Waals surface area contributed by atoms with Crippen LogP contribution in [-0.2, 0) is 14.3 Å². The normalized spacial score (nSPS) is 13.4. The van der Waals surface area contributed by atoms with E-state index in [1.54, 1.807) is 38.1 Å². The summed E-state index contributed by atoms with van der Waals surface area (Å²) in [4.78, 5) is 23.1. The van der Waals surface area contributed by atoms with Crippen LogP contribution in [0.15, 0.2) is 30.3 Å². The van der Waals surface area contributed by atoms with Crippen molar-refractivity contribution in [2.75, 3.05) is 13.2 Å². The summed E-state index contributed by atoms with van der Waals surface area (Å²) in [6.45, 7) is 3.00. The van der Waals surface area contributed by atoms with E-state index in [1.165, 1.54) is 0 Å². The van der Waals surface area contributed by atoms with E-state index in [1.807, 2.05) is 6.07 Å². The van der Waals surface area contributed by atoms with Crippen LogP contribution in [0, 0.1) is 5.41 Å². The molecule has 19 heavy (non-hydrogen) atoms. The van der Waals surface area contributed by atoms with E-state index in [4.69, 9.17) is 9.47 Å². The Labute approximate surface area is 112 Å². The summed E-state index contributed by atoms with van der Waals surface area (Å²) >= 11 is 0. The Morgan fingerprint density at radius 2 is 1.84 bits per heavy atom. The lowest BCUT2D eigenvalue weighted by molar-refractivity contribution is -0.319.